The second kappa shape index (κ2) is 6.64. The van der Waals surface area contributed by atoms with Crippen molar-refractivity contribution < 1.29 is 4.79 Å². The topological polar surface area (TPSA) is 61.4 Å². The quantitative estimate of drug-likeness (QED) is 0.925. The van der Waals surface area contributed by atoms with Gasteiger partial charge in [0.25, 0.3) is 0 Å². The van der Waals surface area contributed by atoms with Crippen LogP contribution in [0.3, 0.4) is 0 Å². The zero-order valence-electron chi connectivity index (χ0n) is 13.5. The Hall–Kier alpha value is -2.63. The third kappa shape index (κ3) is 3.41. The first-order valence-electron chi connectivity index (χ1n) is 7.79. The minimum atomic E-state index is -0.0488. The number of hydrogen-bond donors (Lipinski definition) is 1. The van der Waals surface area contributed by atoms with Crippen molar-refractivity contribution in [2.75, 3.05) is 36.4 Å². The Bertz CT molecular complexity index is 681. The average molecular weight is 311 g/mol. The number of carbonyl (C=O) groups excluding carboxylic acids is 1. The Morgan fingerprint density at radius 1 is 1.04 bits per heavy atom. The van der Waals surface area contributed by atoms with Gasteiger partial charge in [-0.2, -0.15) is 0 Å². The van der Waals surface area contributed by atoms with Crippen molar-refractivity contribution in [2.45, 2.75) is 13.8 Å². The maximum absolute atomic E-state index is 12.4. The van der Waals surface area contributed by atoms with E-state index < -0.39 is 0 Å². The molecular formula is C17H21N5O. The molecule has 0 aliphatic carbocycles. The molecule has 0 unspecified atom stereocenters. The van der Waals surface area contributed by atoms with Crippen molar-refractivity contribution in [2.24, 2.45) is 0 Å². The fourth-order valence-corrected chi connectivity index (χ4v) is 2.64. The molecule has 1 fully saturated rings. The number of nitrogens with zero attached hydrogens (tertiary/aromatic N) is 4. The number of hydrogen-bond acceptors (Lipinski definition) is 4. The van der Waals surface area contributed by atoms with E-state index in [1.807, 2.05) is 36.9 Å². The van der Waals surface area contributed by atoms with E-state index in [4.69, 9.17) is 0 Å². The van der Waals surface area contributed by atoms with Gasteiger partial charge in [-0.25, -0.2) is 14.8 Å². The Kier molecular flexibility index (Phi) is 4.41. The van der Waals surface area contributed by atoms with Crippen LogP contribution >= 0.6 is 0 Å². The van der Waals surface area contributed by atoms with Crippen LogP contribution in [0.25, 0.3) is 0 Å². The van der Waals surface area contributed by atoms with Crippen LogP contribution in [-0.2, 0) is 0 Å². The Morgan fingerprint density at radius 3 is 2.43 bits per heavy atom. The van der Waals surface area contributed by atoms with Crippen LogP contribution in [-0.4, -0.2) is 47.1 Å². The van der Waals surface area contributed by atoms with E-state index in [0.29, 0.717) is 13.1 Å². The van der Waals surface area contributed by atoms with Crippen molar-refractivity contribution in [3.8, 4) is 0 Å². The molecule has 2 amide bonds. The molecular weight excluding hydrogens is 290 g/mol. The molecule has 1 N–H and O–H groups in total. The van der Waals surface area contributed by atoms with Gasteiger partial charge >= 0.3 is 6.03 Å². The average Bonchev–Trinajstić information content (AvgIpc) is 2.60. The molecule has 6 heteroatoms. The number of aromatic nitrogens is 2. The van der Waals surface area contributed by atoms with Crippen LogP contribution in [0.2, 0.25) is 0 Å². The monoisotopic (exact) mass is 311 g/mol. The normalized spacial score (nSPS) is 14.7. The van der Waals surface area contributed by atoms with Gasteiger partial charge in [0.1, 0.15) is 0 Å². The standard InChI is InChI=1S/C17H21N5O/c1-13-5-3-6-15(14(13)2)20-17(23)22-11-9-21(10-12-22)16-18-7-4-8-19-16/h3-8H,9-12H2,1-2H3,(H,20,23). The first-order valence-corrected chi connectivity index (χ1v) is 7.79. The molecule has 23 heavy (non-hydrogen) atoms. The number of rotatable bonds is 2. The number of benzene rings is 1. The zero-order chi connectivity index (χ0) is 16.2. The molecule has 0 saturated carbocycles. The third-order valence-electron chi connectivity index (χ3n) is 4.25. The van der Waals surface area contributed by atoms with E-state index in [0.717, 1.165) is 30.3 Å². The SMILES string of the molecule is Cc1cccc(NC(=O)N2CCN(c3ncccn3)CC2)c1C. The third-order valence-corrected chi connectivity index (χ3v) is 4.25. The van der Waals surface area contributed by atoms with Gasteiger partial charge in [-0.15, -0.1) is 0 Å². The van der Waals surface area contributed by atoms with E-state index in [9.17, 15) is 4.79 Å². The maximum Gasteiger partial charge on any atom is 0.321 e. The summed E-state index contributed by atoms with van der Waals surface area (Å²) in [6, 6.07) is 7.70. The smallest absolute Gasteiger partial charge is 0.321 e. The summed E-state index contributed by atoms with van der Waals surface area (Å²) in [5.74, 6) is 0.724. The molecule has 0 atom stereocenters. The van der Waals surface area contributed by atoms with E-state index in [1.165, 1.54) is 5.56 Å². The summed E-state index contributed by atoms with van der Waals surface area (Å²) in [6.45, 7) is 6.87. The lowest BCUT2D eigenvalue weighted by Gasteiger charge is -2.34. The van der Waals surface area contributed by atoms with E-state index in [2.05, 4.69) is 20.2 Å². The first-order chi connectivity index (χ1) is 11.1. The highest BCUT2D eigenvalue weighted by molar-refractivity contribution is 5.90. The van der Waals surface area contributed by atoms with Crippen molar-refractivity contribution >= 4 is 17.7 Å². The number of amides is 2. The zero-order valence-corrected chi connectivity index (χ0v) is 13.5. The summed E-state index contributed by atoms with van der Waals surface area (Å²) in [7, 11) is 0. The van der Waals surface area contributed by atoms with Crippen LogP contribution in [0.4, 0.5) is 16.4 Å². The van der Waals surface area contributed by atoms with Gasteiger partial charge in [0.2, 0.25) is 5.95 Å². The summed E-state index contributed by atoms with van der Waals surface area (Å²) in [5, 5.41) is 3.01. The second-order valence-corrected chi connectivity index (χ2v) is 5.70. The molecule has 0 bridgehead atoms. The summed E-state index contributed by atoms with van der Waals surface area (Å²) in [4.78, 5) is 24.9. The molecule has 6 nitrogen and oxygen atoms in total. The van der Waals surface area contributed by atoms with Crippen LogP contribution in [0.15, 0.2) is 36.7 Å². The molecule has 120 valence electrons. The number of piperazine rings is 1. The van der Waals surface area contributed by atoms with Gasteiger partial charge in [-0.3, -0.25) is 0 Å². The lowest BCUT2D eigenvalue weighted by atomic mass is 10.1. The van der Waals surface area contributed by atoms with Crippen LogP contribution in [0.5, 0.6) is 0 Å². The van der Waals surface area contributed by atoms with E-state index in [1.54, 1.807) is 18.5 Å². The molecule has 1 saturated heterocycles. The fourth-order valence-electron chi connectivity index (χ4n) is 2.64. The van der Waals surface area contributed by atoms with Crippen molar-refractivity contribution in [1.82, 2.24) is 14.9 Å². The number of aryl methyl sites for hydroxylation is 1. The van der Waals surface area contributed by atoms with Gasteiger partial charge in [0.15, 0.2) is 0 Å². The van der Waals surface area contributed by atoms with Crippen LogP contribution < -0.4 is 10.2 Å². The predicted octanol–water partition coefficient (Wildman–Crippen LogP) is 2.45. The Labute approximate surface area is 136 Å². The van der Waals surface area contributed by atoms with Gasteiger partial charge in [-0.1, -0.05) is 12.1 Å². The summed E-state index contributed by atoms with van der Waals surface area (Å²) in [5.41, 5.74) is 3.16. The van der Waals surface area contributed by atoms with Crippen molar-refractivity contribution in [3.05, 3.63) is 47.8 Å². The Balaban J connectivity index is 1.59. The largest absolute Gasteiger partial charge is 0.337 e. The van der Waals surface area contributed by atoms with E-state index >= 15 is 0 Å². The molecule has 1 aliphatic rings. The molecule has 1 aromatic carbocycles. The van der Waals surface area contributed by atoms with Gasteiger partial charge in [-0.05, 0) is 37.1 Å². The summed E-state index contributed by atoms with van der Waals surface area (Å²) in [6.07, 6.45) is 3.48. The lowest BCUT2D eigenvalue weighted by molar-refractivity contribution is 0.208. The molecule has 0 radical (unpaired) electrons. The number of carbonyl (C=O) groups is 1. The van der Waals surface area contributed by atoms with Crippen LogP contribution in [0, 0.1) is 13.8 Å². The first kappa shape index (κ1) is 15.3. The summed E-state index contributed by atoms with van der Waals surface area (Å²) >= 11 is 0. The maximum atomic E-state index is 12.4. The van der Waals surface area contributed by atoms with E-state index in [-0.39, 0.29) is 6.03 Å². The van der Waals surface area contributed by atoms with Crippen molar-refractivity contribution in [3.63, 3.8) is 0 Å². The van der Waals surface area contributed by atoms with Gasteiger partial charge < -0.3 is 15.1 Å². The highest BCUT2D eigenvalue weighted by Crippen LogP contribution is 2.19. The number of anilines is 2. The number of urea groups is 1. The number of nitrogens with one attached hydrogen (secondary N) is 1. The molecule has 2 heterocycles. The molecule has 2 aromatic rings. The second-order valence-electron chi connectivity index (χ2n) is 5.70. The fraction of sp³-hybridized carbons (Fsp3) is 0.353. The summed E-state index contributed by atoms with van der Waals surface area (Å²) < 4.78 is 0. The minimum Gasteiger partial charge on any atom is -0.337 e. The molecule has 1 aromatic heterocycles. The molecule has 3 rings (SSSR count). The molecule has 0 spiro atoms. The minimum absolute atomic E-state index is 0.0488. The predicted molar refractivity (Wildman–Crippen MR) is 90.8 cm³/mol. The van der Waals surface area contributed by atoms with Gasteiger partial charge in [0, 0.05) is 44.3 Å². The van der Waals surface area contributed by atoms with Crippen LogP contribution in [0.1, 0.15) is 11.1 Å². The van der Waals surface area contributed by atoms with Gasteiger partial charge in [0.05, 0.1) is 0 Å². The highest BCUT2D eigenvalue weighted by Gasteiger charge is 2.22. The lowest BCUT2D eigenvalue weighted by Crippen LogP contribution is -2.50. The van der Waals surface area contributed by atoms with Crippen molar-refractivity contribution in [1.29, 1.82) is 0 Å². The molecule has 1 aliphatic heterocycles. The highest BCUT2D eigenvalue weighted by atomic mass is 16.2. The Morgan fingerprint density at radius 2 is 1.74 bits per heavy atom.